The third-order valence-corrected chi connectivity index (χ3v) is 4.81. The second-order valence-electron chi connectivity index (χ2n) is 7.28. The number of methoxy groups -OCH3 is 1. The lowest BCUT2D eigenvalue weighted by molar-refractivity contribution is -0.0504. The Morgan fingerprint density at radius 3 is 2.62 bits per heavy atom. The van der Waals surface area contributed by atoms with E-state index in [0.717, 1.165) is 10.7 Å². The van der Waals surface area contributed by atoms with Crippen molar-refractivity contribution >= 4 is 17.3 Å². The van der Waals surface area contributed by atoms with Crippen LogP contribution in [0.5, 0.6) is 11.5 Å². The lowest BCUT2D eigenvalue weighted by Crippen LogP contribution is -2.36. The highest BCUT2D eigenvalue weighted by atomic mass is 32.1. The summed E-state index contributed by atoms with van der Waals surface area (Å²) in [6.07, 6.45) is 0. The number of halogens is 2. The van der Waals surface area contributed by atoms with E-state index in [4.69, 9.17) is 4.74 Å². The number of aromatic nitrogens is 1. The molecule has 1 aromatic heterocycles. The number of aliphatic imine (C=N–C) groups is 1. The molecule has 2 N–H and O–H groups in total. The summed E-state index contributed by atoms with van der Waals surface area (Å²) in [5, 5.41) is 9.38. The van der Waals surface area contributed by atoms with Gasteiger partial charge in [-0.25, -0.2) is 9.98 Å². The van der Waals surface area contributed by atoms with Crippen molar-refractivity contribution in [2.45, 2.75) is 52.8 Å². The molecular weight excluding hydrogens is 398 g/mol. The molecule has 0 saturated carbocycles. The minimum Gasteiger partial charge on any atom is -0.497 e. The average Bonchev–Trinajstić information content (AvgIpc) is 3.14. The number of alkyl halides is 2. The number of guanidine groups is 1. The maximum atomic E-state index is 12.7. The third kappa shape index (κ3) is 7.16. The van der Waals surface area contributed by atoms with Crippen LogP contribution in [0.25, 0.3) is 0 Å². The van der Waals surface area contributed by atoms with E-state index < -0.39 is 6.61 Å². The number of ether oxygens (including phenoxy) is 2. The predicted octanol–water partition coefficient (Wildman–Crippen LogP) is 4.31. The van der Waals surface area contributed by atoms with Crippen LogP contribution >= 0.6 is 11.3 Å². The number of hydrogen-bond donors (Lipinski definition) is 2. The molecule has 0 aliphatic carbocycles. The maximum Gasteiger partial charge on any atom is 0.387 e. The molecule has 0 atom stereocenters. The number of nitrogens with zero attached hydrogens (tertiary/aromatic N) is 2. The molecular formula is C20H28F2N4O2S. The molecule has 0 bridgehead atoms. The van der Waals surface area contributed by atoms with Crippen LogP contribution in [-0.2, 0) is 18.5 Å². The molecule has 0 fully saturated rings. The number of thiazole rings is 1. The zero-order valence-corrected chi connectivity index (χ0v) is 18.2. The summed E-state index contributed by atoms with van der Waals surface area (Å²) in [7, 11) is 1.52. The lowest BCUT2D eigenvalue weighted by Gasteiger charge is -2.14. The van der Waals surface area contributed by atoms with Crippen molar-refractivity contribution in [3.05, 3.63) is 39.8 Å². The van der Waals surface area contributed by atoms with Gasteiger partial charge in [0.05, 0.1) is 25.9 Å². The molecule has 0 unspecified atom stereocenters. The predicted molar refractivity (Wildman–Crippen MR) is 112 cm³/mol. The first kappa shape index (κ1) is 22.9. The molecule has 0 aliphatic rings. The molecule has 1 aromatic carbocycles. The summed E-state index contributed by atoms with van der Waals surface area (Å²) in [6, 6.07) is 4.67. The molecule has 2 rings (SSSR count). The van der Waals surface area contributed by atoms with Crippen LogP contribution < -0.4 is 20.1 Å². The summed E-state index contributed by atoms with van der Waals surface area (Å²) in [5.41, 5.74) is 1.55. The number of hydrogen-bond acceptors (Lipinski definition) is 5. The van der Waals surface area contributed by atoms with Crippen molar-refractivity contribution in [1.82, 2.24) is 15.6 Å². The summed E-state index contributed by atoms with van der Waals surface area (Å²) < 4.78 is 35.1. The van der Waals surface area contributed by atoms with Gasteiger partial charge in [0.1, 0.15) is 16.5 Å². The van der Waals surface area contributed by atoms with Crippen molar-refractivity contribution in [3.63, 3.8) is 0 Å². The molecule has 0 radical (unpaired) electrons. The Morgan fingerprint density at radius 2 is 2.03 bits per heavy atom. The van der Waals surface area contributed by atoms with E-state index in [0.29, 0.717) is 30.4 Å². The number of benzene rings is 1. The molecule has 160 valence electrons. The Labute approximate surface area is 174 Å². The average molecular weight is 427 g/mol. The van der Waals surface area contributed by atoms with E-state index in [-0.39, 0.29) is 17.7 Å². The van der Waals surface area contributed by atoms with Crippen molar-refractivity contribution in [3.8, 4) is 11.5 Å². The van der Waals surface area contributed by atoms with E-state index in [1.54, 1.807) is 23.5 Å². The summed E-state index contributed by atoms with van der Waals surface area (Å²) in [6.45, 7) is 6.75. The third-order valence-electron chi connectivity index (χ3n) is 3.96. The Kier molecular flexibility index (Phi) is 8.19. The van der Waals surface area contributed by atoms with Crippen LogP contribution in [0.4, 0.5) is 8.78 Å². The van der Waals surface area contributed by atoms with Crippen LogP contribution in [0.15, 0.2) is 28.6 Å². The van der Waals surface area contributed by atoms with E-state index in [2.05, 4.69) is 51.5 Å². The molecule has 6 nitrogen and oxygen atoms in total. The molecule has 0 saturated heterocycles. The van der Waals surface area contributed by atoms with Crippen LogP contribution in [-0.4, -0.2) is 31.2 Å². The standard InChI is InChI=1S/C20H28F2N4O2S/c1-6-23-19(25-11-17-26-16(12-29-17)20(2,3)4)24-10-13-9-14(27-5)7-8-15(13)28-18(21)22/h7-9,12,18H,6,10-11H2,1-5H3,(H2,23,24,25). The quantitative estimate of drug-likeness (QED) is 0.486. The monoisotopic (exact) mass is 426 g/mol. The van der Waals surface area contributed by atoms with Gasteiger partial charge in [-0.2, -0.15) is 8.78 Å². The number of rotatable bonds is 8. The first-order chi connectivity index (χ1) is 13.7. The van der Waals surface area contributed by atoms with Crippen LogP contribution in [0.2, 0.25) is 0 Å². The smallest absolute Gasteiger partial charge is 0.387 e. The fraction of sp³-hybridized carbons (Fsp3) is 0.500. The summed E-state index contributed by atoms with van der Waals surface area (Å²) in [4.78, 5) is 9.14. The largest absolute Gasteiger partial charge is 0.497 e. The zero-order valence-electron chi connectivity index (χ0n) is 17.4. The normalized spacial score (nSPS) is 12.2. The van der Waals surface area contributed by atoms with Gasteiger partial charge in [-0.1, -0.05) is 20.8 Å². The Balaban J connectivity index is 2.11. The van der Waals surface area contributed by atoms with Gasteiger partial charge >= 0.3 is 6.61 Å². The zero-order chi connectivity index (χ0) is 21.4. The first-order valence-electron chi connectivity index (χ1n) is 9.31. The Hall–Kier alpha value is -2.42. The fourth-order valence-corrected chi connectivity index (χ4v) is 3.38. The van der Waals surface area contributed by atoms with Gasteiger partial charge < -0.3 is 20.1 Å². The van der Waals surface area contributed by atoms with E-state index in [1.807, 2.05) is 6.92 Å². The Morgan fingerprint density at radius 1 is 1.28 bits per heavy atom. The van der Waals surface area contributed by atoms with Crippen LogP contribution in [0.3, 0.4) is 0 Å². The van der Waals surface area contributed by atoms with Gasteiger partial charge in [-0.3, -0.25) is 0 Å². The van der Waals surface area contributed by atoms with Gasteiger partial charge in [0.15, 0.2) is 5.96 Å². The minimum absolute atomic E-state index is 0.000798. The topological polar surface area (TPSA) is 67.8 Å². The highest BCUT2D eigenvalue weighted by Crippen LogP contribution is 2.26. The molecule has 2 aromatic rings. The van der Waals surface area contributed by atoms with Gasteiger partial charge in [0, 0.05) is 22.9 Å². The van der Waals surface area contributed by atoms with Gasteiger partial charge in [0.25, 0.3) is 0 Å². The molecule has 1 heterocycles. The van der Waals surface area contributed by atoms with Crippen LogP contribution in [0, 0.1) is 0 Å². The lowest BCUT2D eigenvalue weighted by atomic mass is 9.93. The van der Waals surface area contributed by atoms with Gasteiger partial charge in [-0.15, -0.1) is 11.3 Å². The maximum absolute atomic E-state index is 12.7. The van der Waals surface area contributed by atoms with Gasteiger partial charge in [-0.05, 0) is 25.1 Å². The second kappa shape index (κ2) is 10.4. The highest BCUT2D eigenvalue weighted by Gasteiger charge is 2.17. The van der Waals surface area contributed by atoms with E-state index >= 15 is 0 Å². The molecule has 0 amide bonds. The minimum atomic E-state index is -2.90. The van der Waals surface area contributed by atoms with Crippen molar-refractivity contribution in [2.24, 2.45) is 4.99 Å². The first-order valence-corrected chi connectivity index (χ1v) is 10.2. The fourth-order valence-electron chi connectivity index (χ4n) is 2.42. The van der Waals surface area contributed by atoms with Gasteiger partial charge in [0.2, 0.25) is 0 Å². The second-order valence-corrected chi connectivity index (χ2v) is 8.22. The molecule has 0 aliphatic heterocycles. The SMILES string of the molecule is CCNC(=NCc1cc(OC)ccc1OC(F)F)NCc1nc(C(C)(C)C)cs1. The Bertz CT molecular complexity index is 819. The van der Waals surface area contributed by atoms with E-state index in [9.17, 15) is 8.78 Å². The van der Waals surface area contributed by atoms with Crippen molar-refractivity contribution < 1.29 is 18.3 Å². The highest BCUT2D eigenvalue weighted by molar-refractivity contribution is 7.09. The van der Waals surface area contributed by atoms with Crippen molar-refractivity contribution in [2.75, 3.05) is 13.7 Å². The molecule has 9 heteroatoms. The van der Waals surface area contributed by atoms with E-state index in [1.165, 1.54) is 13.2 Å². The van der Waals surface area contributed by atoms with Crippen molar-refractivity contribution in [1.29, 1.82) is 0 Å². The molecule has 0 spiro atoms. The van der Waals surface area contributed by atoms with Crippen LogP contribution in [0.1, 0.15) is 44.0 Å². The number of nitrogens with one attached hydrogen (secondary N) is 2. The summed E-state index contributed by atoms with van der Waals surface area (Å²) in [5.74, 6) is 1.19. The molecule has 29 heavy (non-hydrogen) atoms. The summed E-state index contributed by atoms with van der Waals surface area (Å²) >= 11 is 1.59.